The highest BCUT2D eigenvalue weighted by atomic mass is 79.9. The highest BCUT2D eigenvalue weighted by Gasteiger charge is 2.18. The molecule has 0 unspecified atom stereocenters. The molecule has 0 aliphatic rings. The molecule has 4 aromatic rings. The van der Waals surface area contributed by atoms with Crippen molar-refractivity contribution in [2.24, 2.45) is 0 Å². The molecule has 154 valence electrons. The highest BCUT2D eigenvalue weighted by molar-refractivity contribution is 9.10. The van der Waals surface area contributed by atoms with E-state index in [9.17, 15) is 13.7 Å². The molecular weight excluding hydrogens is 504 g/mol. The topological polar surface area (TPSA) is 93.2 Å². The number of rotatable bonds is 5. The van der Waals surface area contributed by atoms with Crippen molar-refractivity contribution >= 4 is 60.4 Å². The van der Waals surface area contributed by atoms with E-state index in [1.807, 2.05) is 12.1 Å². The lowest BCUT2D eigenvalue weighted by molar-refractivity contribution is 0.484. The van der Waals surface area contributed by atoms with Crippen LogP contribution in [-0.2, 0) is 10.1 Å². The van der Waals surface area contributed by atoms with Crippen LogP contribution >= 0.6 is 27.5 Å². The first-order valence-electron chi connectivity index (χ1n) is 8.83. The van der Waals surface area contributed by atoms with E-state index in [-0.39, 0.29) is 22.1 Å². The first kappa shape index (κ1) is 21.1. The third-order valence-corrected chi connectivity index (χ3v) is 6.33. The van der Waals surface area contributed by atoms with Gasteiger partial charge in [-0.15, -0.1) is 0 Å². The monoisotopic (exact) mass is 514 g/mol. The largest absolute Gasteiger partial charge is 0.435 e. The first-order chi connectivity index (χ1) is 14.9. The van der Waals surface area contributed by atoms with Gasteiger partial charge in [-0.1, -0.05) is 29.8 Å². The number of para-hydroxylation sites is 2. The van der Waals surface area contributed by atoms with Crippen LogP contribution < -0.4 is 4.18 Å². The van der Waals surface area contributed by atoms with Gasteiger partial charge in [-0.2, -0.15) is 13.7 Å². The molecule has 0 N–H and O–H groups in total. The average molecular weight is 516 g/mol. The Hall–Kier alpha value is -3.12. The molecule has 0 saturated carbocycles. The molecule has 4 rings (SSSR count). The van der Waals surface area contributed by atoms with Crippen LogP contribution in [0.15, 0.2) is 80.5 Å². The summed E-state index contributed by atoms with van der Waals surface area (Å²) in [6, 6.07) is 19.7. The summed E-state index contributed by atoms with van der Waals surface area (Å²) in [4.78, 5) is 4.31. The molecule has 6 nitrogen and oxygen atoms in total. The van der Waals surface area contributed by atoms with Crippen molar-refractivity contribution < 1.29 is 17.0 Å². The quantitative estimate of drug-likeness (QED) is 0.236. The molecule has 1 aromatic heterocycles. The number of nitriles is 1. The SMILES string of the molecule is N#C/C(=C\c1ccc(OS(=O)(=O)c2ccc(Cl)cc2)c(Br)c1)c1nc2ccccc2o1. The number of aromatic nitrogens is 1. The lowest BCUT2D eigenvalue weighted by atomic mass is 10.1. The Morgan fingerprint density at radius 2 is 1.87 bits per heavy atom. The molecule has 1 heterocycles. The van der Waals surface area contributed by atoms with E-state index in [0.29, 0.717) is 26.2 Å². The van der Waals surface area contributed by atoms with Gasteiger partial charge in [-0.25, -0.2) is 4.98 Å². The number of allylic oxidation sites excluding steroid dienone is 1. The molecular formula is C22H12BrClN2O4S. The van der Waals surface area contributed by atoms with E-state index in [0.717, 1.165) is 0 Å². The molecule has 0 spiro atoms. The van der Waals surface area contributed by atoms with E-state index < -0.39 is 10.1 Å². The maximum atomic E-state index is 12.5. The van der Waals surface area contributed by atoms with Gasteiger partial charge < -0.3 is 8.60 Å². The zero-order valence-electron chi connectivity index (χ0n) is 15.6. The summed E-state index contributed by atoms with van der Waals surface area (Å²) in [6.07, 6.45) is 1.59. The second-order valence-electron chi connectivity index (χ2n) is 6.34. The average Bonchev–Trinajstić information content (AvgIpc) is 3.18. The molecule has 0 atom stereocenters. The van der Waals surface area contributed by atoms with E-state index in [2.05, 4.69) is 27.0 Å². The standard InChI is InChI=1S/C22H12BrClN2O4S/c23-18-12-14(11-15(13-25)22-26-19-3-1-2-4-21(19)29-22)5-10-20(18)30-31(27,28)17-8-6-16(24)7-9-17/h1-12H/b15-11+. The molecule has 31 heavy (non-hydrogen) atoms. The fourth-order valence-electron chi connectivity index (χ4n) is 2.74. The second kappa shape index (κ2) is 8.55. The normalized spacial score (nSPS) is 12.0. The van der Waals surface area contributed by atoms with Crippen molar-refractivity contribution in [1.29, 1.82) is 5.26 Å². The predicted molar refractivity (Wildman–Crippen MR) is 121 cm³/mol. The van der Waals surface area contributed by atoms with Crippen molar-refractivity contribution in [3.05, 3.63) is 87.7 Å². The summed E-state index contributed by atoms with van der Waals surface area (Å²) >= 11 is 9.12. The van der Waals surface area contributed by atoms with Crippen LogP contribution in [0.25, 0.3) is 22.7 Å². The number of hydrogen-bond acceptors (Lipinski definition) is 6. The predicted octanol–water partition coefficient (Wildman–Crippen LogP) is 6.08. The maximum Gasteiger partial charge on any atom is 0.339 e. The zero-order valence-corrected chi connectivity index (χ0v) is 18.8. The Labute approximate surface area is 191 Å². The van der Waals surface area contributed by atoms with Gasteiger partial charge in [0.05, 0.1) is 4.47 Å². The van der Waals surface area contributed by atoms with Gasteiger partial charge in [0.15, 0.2) is 11.3 Å². The highest BCUT2D eigenvalue weighted by Crippen LogP contribution is 2.31. The second-order valence-corrected chi connectivity index (χ2v) is 9.17. The van der Waals surface area contributed by atoms with Crippen LogP contribution in [0.3, 0.4) is 0 Å². The third-order valence-electron chi connectivity index (χ3n) is 4.21. The van der Waals surface area contributed by atoms with Crippen LogP contribution in [0.4, 0.5) is 0 Å². The van der Waals surface area contributed by atoms with E-state index in [4.69, 9.17) is 20.2 Å². The third kappa shape index (κ3) is 4.64. The Balaban J connectivity index is 1.62. The minimum atomic E-state index is -4.03. The minimum absolute atomic E-state index is 0.0181. The Morgan fingerprint density at radius 1 is 1.13 bits per heavy atom. The number of nitrogens with zero attached hydrogens (tertiary/aromatic N) is 2. The van der Waals surface area contributed by atoms with Crippen molar-refractivity contribution in [3.63, 3.8) is 0 Å². The molecule has 0 fully saturated rings. The summed E-state index contributed by atoms with van der Waals surface area (Å²) < 4.78 is 36.2. The van der Waals surface area contributed by atoms with Crippen LogP contribution in [0.1, 0.15) is 11.5 Å². The fourth-order valence-corrected chi connectivity index (χ4v) is 4.40. The summed E-state index contributed by atoms with van der Waals surface area (Å²) in [5, 5.41) is 9.96. The van der Waals surface area contributed by atoms with Crippen LogP contribution in [-0.4, -0.2) is 13.4 Å². The van der Waals surface area contributed by atoms with Crippen molar-refractivity contribution in [2.45, 2.75) is 4.90 Å². The van der Waals surface area contributed by atoms with Gasteiger partial charge in [0.25, 0.3) is 0 Å². The Kier molecular flexibility index (Phi) is 5.83. The van der Waals surface area contributed by atoms with Crippen molar-refractivity contribution in [3.8, 4) is 11.8 Å². The smallest absolute Gasteiger partial charge is 0.339 e. The van der Waals surface area contributed by atoms with Gasteiger partial charge in [-0.3, -0.25) is 0 Å². The molecule has 0 saturated heterocycles. The van der Waals surface area contributed by atoms with Gasteiger partial charge in [-0.05, 0) is 76.1 Å². The Bertz CT molecular complexity index is 1420. The Morgan fingerprint density at radius 3 is 2.55 bits per heavy atom. The number of benzene rings is 3. The number of fused-ring (bicyclic) bond motifs is 1. The maximum absolute atomic E-state index is 12.5. The number of hydrogen-bond donors (Lipinski definition) is 0. The van der Waals surface area contributed by atoms with Gasteiger partial charge in [0, 0.05) is 5.02 Å². The summed E-state index contributed by atoms with van der Waals surface area (Å²) in [5.41, 5.74) is 2.08. The molecule has 9 heteroatoms. The number of halogens is 2. The van der Waals surface area contributed by atoms with Crippen LogP contribution in [0.2, 0.25) is 5.02 Å². The van der Waals surface area contributed by atoms with Crippen molar-refractivity contribution in [1.82, 2.24) is 4.98 Å². The van der Waals surface area contributed by atoms with E-state index in [1.54, 1.807) is 30.3 Å². The summed E-state index contributed by atoms with van der Waals surface area (Å²) in [6.45, 7) is 0. The van der Waals surface area contributed by atoms with Crippen LogP contribution in [0.5, 0.6) is 5.75 Å². The van der Waals surface area contributed by atoms with Gasteiger partial charge >= 0.3 is 10.1 Å². The van der Waals surface area contributed by atoms with E-state index in [1.165, 1.54) is 30.3 Å². The number of oxazole rings is 1. The molecule has 0 bridgehead atoms. The molecule has 0 aliphatic carbocycles. The van der Waals surface area contributed by atoms with Crippen LogP contribution in [0, 0.1) is 11.3 Å². The lowest BCUT2D eigenvalue weighted by Crippen LogP contribution is -2.10. The van der Waals surface area contributed by atoms with E-state index >= 15 is 0 Å². The lowest BCUT2D eigenvalue weighted by Gasteiger charge is -2.09. The minimum Gasteiger partial charge on any atom is -0.435 e. The molecule has 3 aromatic carbocycles. The van der Waals surface area contributed by atoms with Gasteiger partial charge in [0.2, 0.25) is 5.89 Å². The zero-order chi connectivity index (χ0) is 22.0. The van der Waals surface area contributed by atoms with Crippen molar-refractivity contribution in [2.75, 3.05) is 0 Å². The molecule has 0 aliphatic heterocycles. The molecule has 0 radical (unpaired) electrons. The first-order valence-corrected chi connectivity index (χ1v) is 11.4. The summed E-state index contributed by atoms with van der Waals surface area (Å²) in [5.74, 6) is 0.304. The fraction of sp³-hybridized carbons (Fsp3) is 0. The summed E-state index contributed by atoms with van der Waals surface area (Å²) in [7, 11) is -4.03. The van der Waals surface area contributed by atoms with Gasteiger partial charge in [0.1, 0.15) is 22.1 Å². The molecule has 0 amide bonds.